The molecule has 0 N–H and O–H groups in total. The first-order valence-electron chi connectivity index (χ1n) is 7.18. The molecule has 0 saturated heterocycles. The second kappa shape index (κ2) is 7.37. The molecule has 24 heavy (non-hydrogen) atoms. The predicted molar refractivity (Wildman–Crippen MR) is 88.6 cm³/mol. The number of carbonyl (C=O) groups excluding carboxylic acids is 3. The number of esters is 2. The molecule has 0 aliphatic heterocycles. The standard InChI is InChI=1S/C19H16O5/c1-12(2)18(21)23-16-8-4-14(5-9-16)15-6-10-17(11-7-15)24-19(22)13(3)20/h4-11H,1H2,2-3H3. The Morgan fingerprint density at radius 1 is 0.708 bits per heavy atom. The van der Waals surface area contributed by atoms with Crippen LogP contribution in [0.25, 0.3) is 11.1 Å². The molecule has 0 atom stereocenters. The van der Waals surface area contributed by atoms with Gasteiger partial charge in [-0.15, -0.1) is 0 Å². The van der Waals surface area contributed by atoms with Crippen molar-refractivity contribution in [2.24, 2.45) is 0 Å². The van der Waals surface area contributed by atoms with Crippen molar-refractivity contribution in [1.29, 1.82) is 0 Å². The molecule has 0 saturated carbocycles. The van der Waals surface area contributed by atoms with E-state index < -0.39 is 17.7 Å². The quantitative estimate of drug-likeness (QED) is 0.365. The van der Waals surface area contributed by atoms with Gasteiger partial charge in [0.25, 0.3) is 0 Å². The van der Waals surface area contributed by atoms with Crippen LogP contribution in [0.15, 0.2) is 60.7 Å². The summed E-state index contributed by atoms with van der Waals surface area (Å²) in [6.07, 6.45) is 0. The van der Waals surface area contributed by atoms with Gasteiger partial charge in [0, 0.05) is 12.5 Å². The Balaban J connectivity index is 2.09. The van der Waals surface area contributed by atoms with E-state index >= 15 is 0 Å². The maximum Gasteiger partial charge on any atom is 0.379 e. The van der Waals surface area contributed by atoms with Crippen LogP contribution in [0, 0.1) is 0 Å². The Labute approximate surface area is 139 Å². The van der Waals surface area contributed by atoms with E-state index in [1.807, 2.05) is 0 Å². The average Bonchev–Trinajstić information content (AvgIpc) is 2.56. The van der Waals surface area contributed by atoms with Gasteiger partial charge in [-0.2, -0.15) is 0 Å². The number of carbonyl (C=O) groups is 3. The number of benzene rings is 2. The van der Waals surface area contributed by atoms with Gasteiger partial charge in [0.1, 0.15) is 11.5 Å². The molecule has 0 spiro atoms. The molecule has 0 bridgehead atoms. The molecule has 2 aromatic rings. The third-order valence-electron chi connectivity index (χ3n) is 3.10. The molecule has 5 nitrogen and oxygen atoms in total. The van der Waals surface area contributed by atoms with Crippen LogP contribution in [-0.4, -0.2) is 17.7 Å². The number of hydrogen-bond donors (Lipinski definition) is 0. The third kappa shape index (κ3) is 4.39. The van der Waals surface area contributed by atoms with Gasteiger partial charge in [0.05, 0.1) is 0 Å². The minimum absolute atomic E-state index is 0.297. The van der Waals surface area contributed by atoms with Gasteiger partial charge >= 0.3 is 11.9 Å². The summed E-state index contributed by atoms with van der Waals surface area (Å²) in [5.41, 5.74) is 2.11. The summed E-state index contributed by atoms with van der Waals surface area (Å²) in [6, 6.07) is 13.7. The summed E-state index contributed by atoms with van der Waals surface area (Å²) < 4.78 is 10.0. The maximum absolute atomic E-state index is 11.5. The fourth-order valence-corrected chi connectivity index (χ4v) is 1.80. The zero-order chi connectivity index (χ0) is 17.7. The van der Waals surface area contributed by atoms with Gasteiger partial charge in [-0.05, 0) is 42.3 Å². The first-order valence-corrected chi connectivity index (χ1v) is 7.18. The normalized spacial score (nSPS) is 9.92. The number of hydrogen-bond acceptors (Lipinski definition) is 5. The fraction of sp³-hybridized carbons (Fsp3) is 0.105. The van der Waals surface area contributed by atoms with Crippen molar-refractivity contribution in [1.82, 2.24) is 0 Å². The highest BCUT2D eigenvalue weighted by Crippen LogP contribution is 2.25. The van der Waals surface area contributed by atoms with Gasteiger partial charge in [-0.3, -0.25) is 4.79 Å². The van der Waals surface area contributed by atoms with Crippen LogP contribution in [0.1, 0.15) is 13.8 Å². The maximum atomic E-state index is 11.5. The SMILES string of the molecule is C=C(C)C(=O)Oc1ccc(-c2ccc(OC(=O)C(C)=O)cc2)cc1. The molecule has 0 heterocycles. The van der Waals surface area contributed by atoms with E-state index in [-0.39, 0.29) is 0 Å². The van der Waals surface area contributed by atoms with Crippen LogP contribution >= 0.6 is 0 Å². The van der Waals surface area contributed by atoms with Gasteiger partial charge in [0.15, 0.2) is 0 Å². The lowest BCUT2D eigenvalue weighted by molar-refractivity contribution is -0.146. The van der Waals surface area contributed by atoms with E-state index in [4.69, 9.17) is 9.47 Å². The third-order valence-corrected chi connectivity index (χ3v) is 3.10. The molecule has 0 fully saturated rings. The van der Waals surface area contributed by atoms with Crippen molar-refractivity contribution < 1.29 is 23.9 Å². The predicted octanol–water partition coefficient (Wildman–Crippen LogP) is 3.33. The smallest absolute Gasteiger partial charge is 0.379 e. The lowest BCUT2D eigenvalue weighted by Gasteiger charge is -2.07. The molecule has 0 aliphatic rings. The van der Waals surface area contributed by atoms with E-state index in [1.165, 1.54) is 0 Å². The van der Waals surface area contributed by atoms with Gasteiger partial charge in [0.2, 0.25) is 5.78 Å². The van der Waals surface area contributed by atoms with E-state index in [9.17, 15) is 14.4 Å². The summed E-state index contributed by atoms with van der Waals surface area (Å²) in [4.78, 5) is 33.5. The molecule has 2 rings (SSSR count). The summed E-state index contributed by atoms with van der Waals surface area (Å²) in [7, 11) is 0. The minimum Gasteiger partial charge on any atom is -0.423 e. The van der Waals surface area contributed by atoms with Crippen LogP contribution in [0.4, 0.5) is 0 Å². The lowest BCUT2D eigenvalue weighted by Crippen LogP contribution is -2.16. The number of ketones is 1. The van der Waals surface area contributed by atoms with Crippen molar-refractivity contribution in [2.75, 3.05) is 0 Å². The molecule has 122 valence electrons. The largest absolute Gasteiger partial charge is 0.423 e. The van der Waals surface area contributed by atoms with Crippen molar-refractivity contribution in [2.45, 2.75) is 13.8 Å². The van der Waals surface area contributed by atoms with Crippen LogP contribution in [0.2, 0.25) is 0 Å². The molecule has 0 unspecified atom stereocenters. The molecule has 0 aromatic heterocycles. The number of Topliss-reactive ketones (excluding diaryl/α,β-unsaturated/α-hetero) is 1. The fourth-order valence-electron chi connectivity index (χ4n) is 1.80. The second-order valence-electron chi connectivity index (χ2n) is 5.16. The first-order chi connectivity index (χ1) is 11.4. The molecule has 2 aromatic carbocycles. The summed E-state index contributed by atoms with van der Waals surface area (Å²) in [6.45, 7) is 6.26. The minimum atomic E-state index is -0.897. The highest BCUT2D eigenvalue weighted by Gasteiger charge is 2.10. The van der Waals surface area contributed by atoms with Gasteiger partial charge in [-0.25, -0.2) is 9.59 Å². The molecule has 0 aliphatic carbocycles. The van der Waals surface area contributed by atoms with E-state index in [1.54, 1.807) is 55.5 Å². The van der Waals surface area contributed by atoms with Crippen LogP contribution < -0.4 is 9.47 Å². The van der Waals surface area contributed by atoms with Crippen molar-refractivity contribution in [3.8, 4) is 22.6 Å². The monoisotopic (exact) mass is 324 g/mol. The first kappa shape index (κ1) is 17.1. The van der Waals surface area contributed by atoms with Crippen molar-refractivity contribution >= 4 is 17.7 Å². The zero-order valence-corrected chi connectivity index (χ0v) is 13.4. The Morgan fingerprint density at radius 3 is 1.42 bits per heavy atom. The van der Waals surface area contributed by atoms with Crippen molar-refractivity contribution in [3.05, 3.63) is 60.7 Å². The Hall–Kier alpha value is -3.21. The van der Waals surface area contributed by atoms with E-state index in [0.717, 1.165) is 18.1 Å². The molecular formula is C19H16O5. The van der Waals surface area contributed by atoms with Gasteiger partial charge in [-0.1, -0.05) is 30.8 Å². The number of ether oxygens (including phenoxy) is 2. The highest BCUT2D eigenvalue weighted by atomic mass is 16.5. The Morgan fingerprint density at radius 2 is 1.08 bits per heavy atom. The summed E-state index contributed by atoms with van der Waals surface area (Å²) in [5.74, 6) is -1.30. The molecule has 5 heteroatoms. The van der Waals surface area contributed by atoms with Crippen LogP contribution in [0.3, 0.4) is 0 Å². The van der Waals surface area contributed by atoms with Crippen molar-refractivity contribution in [3.63, 3.8) is 0 Å². The van der Waals surface area contributed by atoms with Crippen LogP contribution in [-0.2, 0) is 14.4 Å². The van der Waals surface area contributed by atoms with E-state index in [0.29, 0.717) is 17.1 Å². The summed E-state index contributed by atoms with van der Waals surface area (Å²) in [5, 5.41) is 0. The summed E-state index contributed by atoms with van der Waals surface area (Å²) >= 11 is 0. The second-order valence-corrected chi connectivity index (χ2v) is 5.16. The Kier molecular flexibility index (Phi) is 5.27. The molecular weight excluding hydrogens is 308 g/mol. The van der Waals surface area contributed by atoms with E-state index in [2.05, 4.69) is 6.58 Å². The van der Waals surface area contributed by atoms with Crippen LogP contribution in [0.5, 0.6) is 11.5 Å². The van der Waals surface area contributed by atoms with Gasteiger partial charge < -0.3 is 9.47 Å². The lowest BCUT2D eigenvalue weighted by atomic mass is 10.1. The Bertz CT molecular complexity index is 716. The topological polar surface area (TPSA) is 69.7 Å². The molecule has 0 amide bonds. The zero-order valence-electron chi connectivity index (χ0n) is 13.4. The highest BCUT2D eigenvalue weighted by molar-refractivity contribution is 6.33. The average molecular weight is 324 g/mol. The molecule has 0 radical (unpaired) electrons. The number of rotatable bonds is 5.